The van der Waals surface area contributed by atoms with Gasteiger partial charge in [0, 0.05) is 30.7 Å². The number of halogens is 3. The Balaban J connectivity index is 1.62. The summed E-state index contributed by atoms with van der Waals surface area (Å²) in [4.78, 5) is 33.0. The second-order valence-electron chi connectivity index (χ2n) is 7.67. The molecule has 182 valence electrons. The molecule has 0 N–H and O–H groups in total. The summed E-state index contributed by atoms with van der Waals surface area (Å²) in [6.45, 7) is 3.32. The molecule has 7 nitrogen and oxygen atoms in total. The molecule has 1 aromatic heterocycles. The number of hydrogen-bond donors (Lipinski definition) is 0. The van der Waals surface area contributed by atoms with Crippen LogP contribution in [0, 0.1) is 5.82 Å². The van der Waals surface area contributed by atoms with Crippen molar-refractivity contribution >= 4 is 46.5 Å². The lowest BCUT2D eigenvalue weighted by Crippen LogP contribution is -2.45. The first kappa shape index (κ1) is 24.8. The molecule has 0 aliphatic carbocycles. The first-order valence-corrected chi connectivity index (χ1v) is 11.7. The SMILES string of the molecule is CCOC(=O)CCN1CCN(C(=O)c2cc(F)cnc2Oc2cc(Cl)ccc2Cl)c2ccccc21. The minimum Gasteiger partial charge on any atom is -0.466 e. The summed E-state index contributed by atoms with van der Waals surface area (Å²) >= 11 is 12.2. The third-order valence-corrected chi connectivity index (χ3v) is 5.94. The molecular formula is C25H22Cl2FN3O4. The highest BCUT2D eigenvalue weighted by atomic mass is 35.5. The average Bonchev–Trinajstić information content (AvgIpc) is 2.85. The van der Waals surface area contributed by atoms with E-state index in [1.165, 1.54) is 6.07 Å². The average molecular weight is 518 g/mol. The van der Waals surface area contributed by atoms with E-state index in [2.05, 4.69) is 4.98 Å². The van der Waals surface area contributed by atoms with Gasteiger partial charge in [-0.1, -0.05) is 35.3 Å². The summed E-state index contributed by atoms with van der Waals surface area (Å²) in [6, 6.07) is 13.0. The fourth-order valence-electron chi connectivity index (χ4n) is 3.79. The van der Waals surface area contributed by atoms with E-state index in [-0.39, 0.29) is 34.6 Å². The quantitative estimate of drug-likeness (QED) is 0.372. The second kappa shape index (κ2) is 10.9. The molecule has 0 fully saturated rings. The molecule has 0 saturated carbocycles. The minimum absolute atomic E-state index is 0.0594. The molecule has 2 heterocycles. The maximum absolute atomic E-state index is 14.2. The largest absolute Gasteiger partial charge is 0.466 e. The van der Waals surface area contributed by atoms with Crippen LogP contribution in [-0.2, 0) is 9.53 Å². The van der Waals surface area contributed by atoms with Crippen molar-refractivity contribution in [3.05, 3.63) is 76.2 Å². The Morgan fingerprint density at radius 2 is 1.86 bits per heavy atom. The van der Waals surface area contributed by atoms with Crippen molar-refractivity contribution in [2.75, 3.05) is 36.0 Å². The van der Waals surface area contributed by atoms with Crippen LogP contribution in [0.4, 0.5) is 15.8 Å². The number of rotatable bonds is 7. The van der Waals surface area contributed by atoms with Gasteiger partial charge in [-0.25, -0.2) is 9.37 Å². The number of para-hydroxylation sites is 2. The lowest BCUT2D eigenvalue weighted by molar-refractivity contribution is -0.142. The third-order valence-electron chi connectivity index (χ3n) is 5.39. The Bertz CT molecular complexity index is 1260. The number of benzene rings is 2. The van der Waals surface area contributed by atoms with E-state index in [0.29, 0.717) is 37.0 Å². The van der Waals surface area contributed by atoms with E-state index >= 15 is 0 Å². The van der Waals surface area contributed by atoms with Crippen LogP contribution in [0.5, 0.6) is 11.6 Å². The van der Waals surface area contributed by atoms with E-state index in [1.54, 1.807) is 36.1 Å². The second-order valence-corrected chi connectivity index (χ2v) is 8.51. The molecule has 35 heavy (non-hydrogen) atoms. The zero-order chi connectivity index (χ0) is 24.9. The van der Waals surface area contributed by atoms with Gasteiger partial charge in [-0.3, -0.25) is 9.59 Å². The molecule has 0 unspecified atom stereocenters. The summed E-state index contributed by atoms with van der Waals surface area (Å²) in [5.41, 5.74) is 1.35. The minimum atomic E-state index is -0.681. The van der Waals surface area contributed by atoms with Gasteiger partial charge in [0.15, 0.2) is 0 Å². The van der Waals surface area contributed by atoms with Crippen molar-refractivity contribution < 1.29 is 23.5 Å². The van der Waals surface area contributed by atoms with Crippen LogP contribution >= 0.6 is 23.2 Å². The summed E-state index contributed by atoms with van der Waals surface area (Å²) in [7, 11) is 0. The first-order valence-electron chi connectivity index (χ1n) is 11.0. The van der Waals surface area contributed by atoms with Gasteiger partial charge in [0.05, 0.1) is 35.6 Å². The normalized spacial score (nSPS) is 12.8. The number of hydrogen-bond acceptors (Lipinski definition) is 6. The van der Waals surface area contributed by atoms with Crippen LogP contribution < -0.4 is 14.5 Å². The summed E-state index contributed by atoms with van der Waals surface area (Å²) in [5.74, 6) is -1.35. The number of esters is 1. The van der Waals surface area contributed by atoms with Crippen LogP contribution in [0.25, 0.3) is 0 Å². The third kappa shape index (κ3) is 5.66. The number of anilines is 2. The van der Waals surface area contributed by atoms with Gasteiger partial charge >= 0.3 is 5.97 Å². The van der Waals surface area contributed by atoms with Crippen molar-refractivity contribution in [2.45, 2.75) is 13.3 Å². The summed E-state index contributed by atoms with van der Waals surface area (Å²) in [6.07, 6.45) is 1.19. The fraction of sp³-hybridized carbons (Fsp3) is 0.240. The molecule has 0 saturated heterocycles. The molecule has 1 aliphatic rings. The lowest BCUT2D eigenvalue weighted by atomic mass is 10.1. The highest BCUT2D eigenvalue weighted by molar-refractivity contribution is 6.34. The van der Waals surface area contributed by atoms with E-state index in [4.69, 9.17) is 32.7 Å². The number of carbonyl (C=O) groups excluding carboxylic acids is 2. The van der Waals surface area contributed by atoms with Gasteiger partial charge < -0.3 is 19.3 Å². The van der Waals surface area contributed by atoms with Crippen molar-refractivity contribution in [2.24, 2.45) is 0 Å². The summed E-state index contributed by atoms with van der Waals surface area (Å²) in [5, 5.41) is 0.645. The number of ether oxygens (including phenoxy) is 2. The topological polar surface area (TPSA) is 72.0 Å². The molecule has 0 atom stereocenters. The van der Waals surface area contributed by atoms with Crippen molar-refractivity contribution in [3.63, 3.8) is 0 Å². The fourth-order valence-corrected chi connectivity index (χ4v) is 4.11. The molecule has 0 bridgehead atoms. The first-order chi connectivity index (χ1) is 16.9. The number of pyridine rings is 1. The molecule has 1 aliphatic heterocycles. The molecule has 2 aromatic carbocycles. The Morgan fingerprint density at radius 1 is 1.09 bits per heavy atom. The van der Waals surface area contributed by atoms with Crippen LogP contribution in [0.2, 0.25) is 10.0 Å². The predicted octanol–water partition coefficient (Wildman–Crippen LogP) is 5.74. The van der Waals surface area contributed by atoms with Crippen LogP contribution in [0.15, 0.2) is 54.7 Å². The maximum atomic E-state index is 14.2. The zero-order valence-electron chi connectivity index (χ0n) is 18.8. The van der Waals surface area contributed by atoms with Gasteiger partial charge in [-0.15, -0.1) is 0 Å². The van der Waals surface area contributed by atoms with Gasteiger partial charge in [0.1, 0.15) is 17.1 Å². The van der Waals surface area contributed by atoms with E-state index in [1.807, 2.05) is 17.0 Å². The van der Waals surface area contributed by atoms with E-state index in [9.17, 15) is 14.0 Å². The van der Waals surface area contributed by atoms with Crippen molar-refractivity contribution in [1.29, 1.82) is 0 Å². The zero-order valence-corrected chi connectivity index (χ0v) is 20.4. The van der Waals surface area contributed by atoms with Crippen LogP contribution in [0.3, 0.4) is 0 Å². The molecule has 0 spiro atoms. The number of fused-ring (bicyclic) bond motifs is 1. The maximum Gasteiger partial charge on any atom is 0.307 e. The molecule has 0 radical (unpaired) electrons. The van der Waals surface area contributed by atoms with Crippen molar-refractivity contribution in [3.8, 4) is 11.6 Å². The molecule has 4 rings (SSSR count). The number of amides is 1. The smallest absolute Gasteiger partial charge is 0.307 e. The van der Waals surface area contributed by atoms with Gasteiger partial charge in [-0.05, 0) is 37.3 Å². The molecular weight excluding hydrogens is 496 g/mol. The van der Waals surface area contributed by atoms with Gasteiger partial charge in [-0.2, -0.15) is 0 Å². The van der Waals surface area contributed by atoms with Gasteiger partial charge in [0.2, 0.25) is 5.88 Å². The highest BCUT2D eigenvalue weighted by Gasteiger charge is 2.30. The van der Waals surface area contributed by atoms with Crippen LogP contribution in [0.1, 0.15) is 23.7 Å². The number of carbonyl (C=O) groups is 2. The highest BCUT2D eigenvalue weighted by Crippen LogP contribution is 2.36. The number of aromatic nitrogens is 1. The Hall–Kier alpha value is -3.36. The number of nitrogens with zero attached hydrogens (tertiary/aromatic N) is 3. The predicted molar refractivity (Wildman–Crippen MR) is 132 cm³/mol. The Labute approximate surface area is 212 Å². The van der Waals surface area contributed by atoms with E-state index in [0.717, 1.165) is 18.0 Å². The molecule has 10 heteroatoms. The standard InChI is InChI=1S/C25H22Cl2FN3O4/c1-2-34-23(32)9-10-30-11-12-31(21-6-4-3-5-20(21)30)25(33)18-14-17(28)15-29-24(18)35-22-13-16(26)7-8-19(22)27/h3-8,13-15H,2,9-12H2,1H3. The van der Waals surface area contributed by atoms with E-state index < -0.39 is 11.7 Å². The monoisotopic (exact) mass is 517 g/mol. The lowest BCUT2D eigenvalue weighted by Gasteiger charge is -2.37. The summed E-state index contributed by atoms with van der Waals surface area (Å²) < 4.78 is 25.0. The van der Waals surface area contributed by atoms with Crippen LogP contribution in [-0.4, -0.2) is 43.1 Å². The Morgan fingerprint density at radius 3 is 2.63 bits per heavy atom. The Kier molecular flexibility index (Phi) is 7.73. The molecule has 3 aromatic rings. The van der Waals surface area contributed by atoms with Crippen molar-refractivity contribution in [1.82, 2.24) is 4.98 Å². The van der Waals surface area contributed by atoms with Gasteiger partial charge in [0.25, 0.3) is 5.91 Å². The molecule has 1 amide bonds.